The molecule has 0 aliphatic rings. The first-order chi connectivity index (χ1) is 21.9. The van der Waals surface area contributed by atoms with Crippen LogP contribution in [0.25, 0.3) is 0 Å². The first-order valence-corrected chi connectivity index (χ1v) is 19.4. The maximum atomic E-state index is 12.5. The fraction of sp³-hybridized carbons (Fsp3) is 0.921. The summed E-state index contributed by atoms with van der Waals surface area (Å²) in [7, 11) is 0. The highest BCUT2D eigenvalue weighted by Crippen LogP contribution is 2.17. The number of nitrogens with two attached hydrogens (primary N) is 1. The van der Waals surface area contributed by atoms with Gasteiger partial charge in [-0.05, 0) is 51.5 Å². The summed E-state index contributed by atoms with van der Waals surface area (Å²) in [4.78, 5) is 35.9. The van der Waals surface area contributed by atoms with Crippen LogP contribution >= 0.6 is 0 Å². The van der Waals surface area contributed by atoms with E-state index in [1.165, 1.54) is 109 Å². The third-order valence-electron chi connectivity index (χ3n) is 8.92. The molecule has 45 heavy (non-hydrogen) atoms. The van der Waals surface area contributed by atoms with Crippen LogP contribution in [0, 0.1) is 0 Å². The van der Waals surface area contributed by atoms with Gasteiger partial charge >= 0.3 is 11.9 Å². The minimum absolute atomic E-state index is 0.0424. The number of rotatable bonds is 35. The Kier molecular flexibility index (Phi) is 32.5. The van der Waals surface area contributed by atoms with Gasteiger partial charge in [0.25, 0.3) is 0 Å². The number of unbranched alkanes of at least 4 members (excludes halogenated alkanes) is 21. The summed E-state index contributed by atoms with van der Waals surface area (Å²) < 4.78 is 5.84. The van der Waals surface area contributed by atoms with Crippen molar-refractivity contribution < 1.29 is 24.2 Å². The van der Waals surface area contributed by atoms with Gasteiger partial charge in [0.2, 0.25) is 5.91 Å². The van der Waals surface area contributed by atoms with Crippen LogP contribution in [0.15, 0.2) is 0 Å². The van der Waals surface area contributed by atoms with Gasteiger partial charge in [0.1, 0.15) is 12.1 Å². The fourth-order valence-corrected chi connectivity index (χ4v) is 5.97. The summed E-state index contributed by atoms with van der Waals surface area (Å²) >= 11 is 0. The number of carbonyl (C=O) groups excluding carboxylic acids is 2. The molecular formula is C38H74N2O5. The first-order valence-electron chi connectivity index (χ1n) is 19.4. The molecule has 1 amide bonds. The number of carboxylic acids is 1. The van der Waals surface area contributed by atoms with E-state index in [4.69, 9.17) is 10.5 Å². The van der Waals surface area contributed by atoms with Gasteiger partial charge in [-0.15, -0.1) is 0 Å². The number of carbonyl (C=O) groups is 3. The number of ether oxygens (including phenoxy) is 1. The van der Waals surface area contributed by atoms with Crippen LogP contribution in [0.2, 0.25) is 0 Å². The Balaban J connectivity index is 3.76. The lowest BCUT2D eigenvalue weighted by Crippen LogP contribution is -2.40. The normalized spacial score (nSPS) is 12.6. The molecule has 0 aliphatic carbocycles. The predicted molar refractivity (Wildman–Crippen MR) is 188 cm³/mol. The van der Waals surface area contributed by atoms with Crippen LogP contribution in [0.3, 0.4) is 0 Å². The maximum absolute atomic E-state index is 12.5. The molecule has 266 valence electrons. The third-order valence-corrected chi connectivity index (χ3v) is 8.92. The zero-order valence-electron chi connectivity index (χ0n) is 29.7. The van der Waals surface area contributed by atoms with Gasteiger partial charge in [-0.1, -0.05) is 149 Å². The molecule has 0 heterocycles. The molecule has 0 saturated carbocycles. The topological polar surface area (TPSA) is 119 Å². The SMILES string of the molecule is CCCCCCCCCCCCCCCCCCCCCC(=O)OC(CCCC)CCCCCC(=O)NC(CCCN)C(=O)O. The van der Waals surface area contributed by atoms with Gasteiger partial charge in [0.05, 0.1) is 0 Å². The second kappa shape index (κ2) is 33.7. The standard InChI is InChI=1S/C38H74N2O5/c1-3-5-7-8-9-10-11-12-13-14-15-16-17-18-19-20-21-22-26-32-37(42)45-34(28-6-4-2)29-24-23-25-31-36(41)40-35(38(43)44)30-27-33-39/h34-35H,3-33,39H2,1-2H3,(H,40,41)(H,43,44). The number of hydrogen-bond donors (Lipinski definition) is 3. The number of amides is 1. The smallest absolute Gasteiger partial charge is 0.326 e. The molecule has 0 fully saturated rings. The van der Waals surface area contributed by atoms with Crippen LogP contribution in [0.5, 0.6) is 0 Å². The van der Waals surface area contributed by atoms with Crippen molar-refractivity contribution in [3.8, 4) is 0 Å². The number of hydrogen-bond acceptors (Lipinski definition) is 5. The van der Waals surface area contributed by atoms with Gasteiger partial charge < -0.3 is 20.9 Å². The highest BCUT2D eigenvalue weighted by Gasteiger charge is 2.19. The van der Waals surface area contributed by atoms with Gasteiger partial charge in [0.15, 0.2) is 0 Å². The average Bonchev–Trinajstić information content (AvgIpc) is 3.02. The Morgan fingerprint density at radius 1 is 0.556 bits per heavy atom. The molecule has 7 heteroatoms. The predicted octanol–water partition coefficient (Wildman–Crippen LogP) is 10.2. The average molecular weight is 639 g/mol. The largest absolute Gasteiger partial charge is 0.480 e. The zero-order valence-corrected chi connectivity index (χ0v) is 29.7. The summed E-state index contributed by atoms with van der Waals surface area (Å²) in [5.41, 5.74) is 5.45. The number of carboxylic acid groups (broad SMARTS) is 1. The van der Waals surface area contributed by atoms with Crippen molar-refractivity contribution in [3.05, 3.63) is 0 Å². The summed E-state index contributed by atoms with van der Waals surface area (Å²) in [6.07, 6.45) is 33.5. The molecule has 2 atom stereocenters. The summed E-state index contributed by atoms with van der Waals surface area (Å²) in [6.45, 7) is 4.83. The quantitative estimate of drug-likeness (QED) is 0.0469. The van der Waals surface area contributed by atoms with E-state index in [1.54, 1.807) is 0 Å². The molecule has 0 saturated heterocycles. The second-order valence-corrected chi connectivity index (χ2v) is 13.4. The van der Waals surface area contributed by atoms with E-state index in [9.17, 15) is 19.5 Å². The molecule has 0 aliphatic heterocycles. The summed E-state index contributed by atoms with van der Waals surface area (Å²) in [6, 6.07) is -0.868. The molecule has 0 aromatic rings. The van der Waals surface area contributed by atoms with Crippen molar-refractivity contribution in [1.82, 2.24) is 5.32 Å². The van der Waals surface area contributed by atoms with Crippen molar-refractivity contribution in [3.63, 3.8) is 0 Å². The van der Waals surface area contributed by atoms with Crippen molar-refractivity contribution >= 4 is 17.8 Å². The molecule has 7 nitrogen and oxygen atoms in total. The molecule has 0 aromatic heterocycles. The molecule has 0 rings (SSSR count). The highest BCUT2D eigenvalue weighted by atomic mass is 16.5. The van der Waals surface area contributed by atoms with Crippen LogP contribution < -0.4 is 11.1 Å². The van der Waals surface area contributed by atoms with Crippen molar-refractivity contribution in [1.29, 1.82) is 0 Å². The Bertz CT molecular complexity index is 687. The molecule has 0 aromatic carbocycles. The summed E-state index contributed by atoms with van der Waals surface area (Å²) in [5, 5.41) is 11.8. The fourth-order valence-electron chi connectivity index (χ4n) is 5.97. The third kappa shape index (κ3) is 30.8. The van der Waals surface area contributed by atoms with Gasteiger partial charge in [-0.3, -0.25) is 9.59 Å². The van der Waals surface area contributed by atoms with Crippen LogP contribution in [0.4, 0.5) is 0 Å². The molecule has 0 radical (unpaired) electrons. The molecule has 0 bridgehead atoms. The van der Waals surface area contributed by atoms with Crippen LogP contribution in [-0.2, 0) is 19.1 Å². The highest BCUT2D eigenvalue weighted by molar-refractivity contribution is 5.83. The number of aliphatic carboxylic acids is 1. The van der Waals surface area contributed by atoms with Crippen LogP contribution in [0.1, 0.15) is 206 Å². The lowest BCUT2D eigenvalue weighted by molar-refractivity contribution is -0.150. The first kappa shape index (κ1) is 43.4. The monoisotopic (exact) mass is 639 g/mol. The van der Waals surface area contributed by atoms with Gasteiger partial charge in [0, 0.05) is 12.8 Å². The van der Waals surface area contributed by atoms with Crippen LogP contribution in [-0.4, -0.2) is 41.6 Å². The lowest BCUT2D eigenvalue weighted by atomic mass is 10.0. The molecule has 2 unspecified atom stereocenters. The molecule has 0 spiro atoms. The molecule has 4 N–H and O–H groups in total. The Labute approximate surface area is 278 Å². The van der Waals surface area contributed by atoms with E-state index in [0.717, 1.165) is 51.4 Å². The second-order valence-electron chi connectivity index (χ2n) is 13.4. The van der Waals surface area contributed by atoms with E-state index in [-0.39, 0.29) is 18.0 Å². The van der Waals surface area contributed by atoms with Gasteiger partial charge in [-0.25, -0.2) is 4.79 Å². The van der Waals surface area contributed by atoms with Gasteiger partial charge in [-0.2, -0.15) is 0 Å². The van der Waals surface area contributed by atoms with E-state index in [0.29, 0.717) is 38.6 Å². The maximum Gasteiger partial charge on any atom is 0.326 e. The number of esters is 1. The van der Waals surface area contributed by atoms with E-state index >= 15 is 0 Å². The minimum atomic E-state index is -1.02. The molecular weight excluding hydrogens is 564 g/mol. The Morgan fingerprint density at radius 3 is 1.44 bits per heavy atom. The summed E-state index contributed by atoms with van der Waals surface area (Å²) in [5.74, 6) is -1.31. The van der Waals surface area contributed by atoms with Crippen molar-refractivity contribution in [2.75, 3.05) is 6.54 Å². The van der Waals surface area contributed by atoms with Crippen molar-refractivity contribution in [2.45, 2.75) is 219 Å². The van der Waals surface area contributed by atoms with E-state index in [1.807, 2.05) is 0 Å². The van der Waals surface area contributed by atoms with E-state index in [2.05, 4.69) is 19.2 Å². The van der Waals surface area contributed by atoms with Crippen molar-refractivity contribution in [2.24, 2.45) is 5.73 Å². The van der Waals surface area contributed by atoms with E-state index < -0.39 is 12.0 Å². The minimum Gasteiger partial charge on any atom is -0.480 e. The zero-order chi connectivity index (χ0) is 33.2. The Hall–Kier alpha value is -1.63. The number of nitrogens with one attached hydrogen (secondary N) is 1. The lowest BCUT2D eigenvalue weighted by Gasteiger charge is -2.18. The Morgan fingerprint density at radius 2 is 0.978 bits per heavy atom.